The van der Waals surface area contributed by atoms with Gasteiger partial charge in [0.05, 0.1) is 15.6 Å². The van der Waals surface area contributed by atoms with Gasteiger partial charge in [0.1, 0.15) is 0 Å². The maximum Gasteiger partial charge on any atom is 0.303 e. The van der Waals surface area contributed by atoms with Crippen molar-refractivity contribution in [3.8, 4) is 0 Å². The molecule has 1 aromatic carbocycles. The van der Waals surface area contributed by atoms with Crippen LogP contribution >= 0.6 is 23.2 Å². The minimum atomic E-state index is -0.887. The molecule has 0 saturated heterocycles. The average molecular weight is 247 g/mol. The third-order valence-corrected chi connectivity index (χ3v) is 2.51. The van der Waals surface area contributed by atoms with E-state index in [1.165, 1.54) is 0 Å². The van der Waals surface area contributed by atoms with E-state index in [0.717, 1.165) is 0 Å². The van der Waals surface area contributed by atoms with Crippen molar-refractivity contribution in [1.29, 1.82) is 0 Å². The van der Waals surface area contributed by atoms with Crippen LogP contribution in [0.4, 0.5) is 0 Å². The van der Waals surface area contributed by atoms with Crippen molar-refractivity contribution in [2.24, 2.45) is 0 Å². The zero-order chi connectivity index (χ0) is 11.4. The fraction of sp³-hybridized carbons (Fsp3) is 0.200. The molecule has 0 saturated carbocycles. The molecule has 0 spiro atoms. The van der Waals surface area contributed by atoms with E-state index in [9.17, 15) is 9.59 Å². The Morgan fingerprint density at radius 2 is 1.87 bits per heavy atom. The summed E-state index contributed by atoms with van der Waals surface area (Å²) in [6.07, 6.45) is 0.923. The third kappa shape index (κ3) is 3.22. The SMILES string of the molecule is O=Cc1c(Cl)cc(CCC(=O)O)cc1Cl. The maximum absolute atomic E-state index is 10.6. The normalized spacial score (nSPS) is 10.0. The van der Waals surface area contributed by atoms with Gasteiger partial charge in [-0.2, -0.15) is 0 Å². The summed E-state index contributed by atoms with van der Waals surface area (Å²) in [6, 6.07) is 3.11. The summed E-state index contributed by atoms with van der Waals surface area (Å²) >= 11 is 11.6. The van der Waals surface area contributed by atoms with Gasteiger partial charge >= 0.3 is 5.97 Å². The smallest absolute Gasteiger partial charge is 0.303 e. The van der Waals surface area contributed by atoms with Gasteiger partial charge in [0.15, 0.2) is 6.29 Å². The summed E-state index contributed by atoms with van der Waals surface area (Å²) < 4.78 is 0. The molecule has 5 heteroatoms. The second kappa shape index (κ2) is 5.14. The van der Waals surface area contributed by atoms with Gasteiger partial charge in [-0.25, -0.2) is 0 Å². The number of hydrogen-bond acceptors (Lipinski definition) is 2. The molecule has 1 rings (SSSR count). The van der Waals surface area contributed by atoms with Crippen LogP contribution in [0.25, 0.3) is 0 Å². The number of carboxylic acid groups (broad SMARTS) is 1. The summed E-state index contributed by atoms with van der Waals surface area (Å²) in [7, 11) is 0. The van der Waals surface area contributed by atoms with Crippen molar-refractivity contribution in [3.63, 3.8) is 0 Å². The van der Waals surface area contributed by atoms with Crippen LogP contribution in [0.1, 0.15) is 22.3 Å². The van der Waals surface area contributed by atoms with E-state index in [-0.39, 0.29) is 22.0 Å². The quantitative estimate of drug-likeness (QED) is 0.832. The van der Waals surface area contributed by atoms with Gasteiger partial charge in [-0.15, -0.1) is 0 Å². The Labute approximate surface area is 96.6 Å². The number of aryl methyl sites for hydroxylation is 1. The number of aliphatic carboxylic acids is 1. The standard InChI is InChI=1S/C10H8Cl2O3/c11-8-3-6(1-2-10(14)15)4-9(12)7(8)5-13/h3-5H,1-2H2,(H,14,15). The van der Waals surface area contributed by atoms with Crippen LogP contribution in [0.15, 0.2) is 12.1 Å². The van der Waals surface area contributed by atoms with Crippen molar-refractivity contribution in [2.75, 3.05) is 0 Å². The van der Waals surface area contributed by atoms with Gasteiger partial charge in [0, 0.05) is 6.42 Å². The molecule has 80 valence electrons. The van der Waals surface area contributed by atoms with Crippen molar-refractivity contribution in [2.45, 2.75) is 12.8 Å². The molecular formula is C10H8Cl2O3. The summed E-state index contributed by atoms with van der Waals surface area (Å²) in [6.45, 7) is 0. The lowest BCUT2D eigenvalue weighted by molar-refractivity contribution is -0.136. The summed E-state index contributed by atoms with van der Waals surface area (Å²) in [5.74, 6) is -0.887. The number of carbonyl (C=O) groups excluding carboxylic acids is 1. The number of rotatable bonds is 4. The molecule has 0 aromatic heterocycles. The van der Waals surface area contributed by atoms with Crippen LogP contribution in [-0.4, -0.2) is 17.4 Å². The average Bonchev–Trinajstić information content (AvgIpc) is 2.14. The van der Waals surface area contributed by atoms with Crippen molar-refractivity contribution < 1.29 is 14.7 Å². The first kappa shape index (κ1) is 12.0. The minimum absolute atomic E-state index is 0.00704. The second-order valence-corrected chi connectivity index (χ2v) is 3.80. The van der Waals surface area contributed by atoms with Crippen LogP contribution in [0.3, 0.4) is 0 Å². The Morgan fingerprint density at radius 3 is 2.27 bits per heavy atom. The first-order valence-corrected chi connectivity index (χ1v) is 4.95. The maximum atomic E-state index is 10.6. The molecule has 0 aliphatic heterocycles. The van der Waals surface area contributed by atoms with Crippen molar-refractivity contribution >= 4 is 35.5 Å². The van der Waals surface area contributed by atoms with E-state index in [2.05, 4.69) is 0 Å². The summed E-state index contributed by atoms with van der Waals surface area (Å²) in [4.78, 5) is 20.9. The molecule has 0 radical (unpaired) electrons. The molecule has 0 bridgehead atoms. The zero-order valence-corrected chi connectivity index (χ0v) is 9.18. The van der Waals surface area contributed by atoms with Crippen LogP contribution in [-0.2, 0) is 11.2 Å². The molecule has 0 unspecified atom stereocenters. The lowest BCUT2D eigenvalue weighted by atomic mass is 10.1. The van der Waals surface area contributed by atoms with Gasteiger partial charge < -0.3 is 5.11 Å². The molecule has 0 heterocycles. The Bertz CT molecular complexity index is 379. The highest BCUT2D eigenvalue weighted by molar-refractivity contribution is 6.38. The largest absolute Gasteiger partial charge is 0.481 e. The first-order valence-electron chi connectivity index (χ1n) is 4.19. The fourth-order valence-electron chi connectivity index (χ4n) is 1.14. The number of halogens is 2. The number of aldehydes is 1. The topological polar surface area (TPSA) is 54.4 Å². The second-order valence-electron chi connectivity index (χ2n) is 2.98. The van der Waals surface area contributed by atoms with E-state index in [1.54, 1.807) is 12.1 Å². The van der Waals surface area contributed by atoms with Gasteiger partial charge in [-0.05, 0) is 24.1 Å². The number of carbonyl (C=O) groups is 2. The molecule has 1 aromatic rings. The molecule has 15 heavy (non-hydrogen) atoms. The first-order chi connectivity index (χ1) is 7.04. The Kier molecular flexibility index (Phi) is 4.12. The molecule has 0 fully saturated rings. The highest BCUT2D eigenvalue weighted by Crippen LogP contribution is 2.25. The number of hydrogen-bond donors (Lipinski definition) is 1. The highest BCUT2D eigenvalue weighted by atomic mass is 35.5. The molecule has 0 amide bonds. The molecule has 0 aliphatic carbocycles. The van der Waals surface area contributed by atoms with Gasteiger partial charge in [-0.3, -0.25) is 9.59 Å². The molecule has 0 atom stereocenters. The zero-order valence-electron chi connectivity index (χ0n) is 7.67. The van der Waals surface area contributed by atoms with Crippen LogP contribution in [0.5, 0.6) is 0 Å². The number of carboxylic acids is 1. The van der Waals surface area contributed by atoms with Crippen molar-refractivity contribution in [1.82, 2.24) is 0 Å². The Morgan fingerprint density at radius 1 is 1.33 bits per heavy atom. The van der Waals surface area contributed by atoms with Crippen LogP contribution in [0.2, 0.25) is 10.0 Å². The van der Waals surface area contributed by atoms with Gasteiger partial charge in [0.2, 0.25) is 0 Å². The van der Waals surface area contributed by atoms with Gasteiger partial charge in [0.25, 0.3) is 0 Å². The Hall–Kier alpha value is -1.06. The monoisotopic (exact) mass is 246 g/mol. The summed E-state index contributed by atoms with van der Waals surface area (Å²) in [5.41, 5.74) is 0.940. The Balaban J connectivity index is 2.93. The van der Waals surface area contributed by atoms with E-state index in [1.807, 2.05) is 0 Å². The molecular weight excluding hydrogens is 239 g/mol. The van der Waals surface area contributed by atoms with E-state index >= 15 is 0 Å². The molecule has 3 nitrogen and oxygen atoms in total. The molecule has 1 N–H and O–H groups in total. The van der Waals surface area contributed by atoms with E-state index in [0.29, 0.717) is 18.3 Å². The van der Waals surface area contributed by atoms with Gasteiger partial charge in [-0.1, -0.05) is 23.2 Å². The predicted octanol–water partition coefficient (Wildman–Crippen LogP) is 2.82. The van der Waals surface area contributed by atoms with Crippen molar-refractivity contribution in [3.05, 3.63) is 33.3 Å². The highest BCUT2D eigenvalue weighted by Gasteiger charge is 2.08. The lowest BCUT2D eigenvalue weighted by Crippen LogP contribution is -1.98. The lowest BCUT2D eigenvalue weighted by Gasteiger charge is -2.04. The fourth-order valence-corrected chi connectivity index (χ4v) is 1.77. The molecule has 0 aliphatic rings. The van der Waals surface area contributed by atoms with E-state index < -0.39 is 5.97 Å². The third-order valence-electron chi connectivity index (χ3n) is 1.88. The number of benzene rings is 1. The predicted molar refractivity (Wildman–Crippen MR) is 57.8 cm³/mol. The van der Waals surface area contributed by atoms with Crippen LogP contribution < -0.4 is 0 Å². The summed E-state index contributed by atoms with van der Waals surface area (Å²) in [5, 5.41) is 8.99. The minimum Gasteiger partial charge on any atom is -0.481 e. The van der Waals surface area contributed by atoms with Crippen LogP contribution in [0, 0.1) is 0 Å². The van der Waals surface area contributed by atoms with E-state index in [4.69, 9.17) is 28.3 Å².